The number of carboxylic acid groups (broad SMARTS) is 1. The summed E-state index contributed by atoms with van der Waals surface area (Å²) in [5.74, 6) is -2.66. The zero-order valence-corrected chi connectivity index (χ0v) is 5.49. The lowest BCUT2D eigenvalue weighted by Crippen LogP contribution is -2.26. The van der Waals surface area contributed by atoms with Crippen molar-refractivity contribution >= 4 is 11.9 Å². The van der Waals surface area contributed by atoms with Crippen LogP contribution in [0.4, 0.5) is 0 Å². The quantitative estimate of drug-likeness (QED) is 0.443. The maximum Gasteiger partial charge on any atom is 0.309 e. The summed E-state index contributed by atoms with van der Waals surface area (Å²) < 4.78 is 4.32. The van der Waals surface area contributed by atoms with E-state index >= 15 is 0 Å². The molecule has 0 saturated heterocycles. The lowest BCUT2D eigenvalue weighted by Gasteiger charge is -1.97. The van der Waals surface area contributed by atoms with E-state index in [2.05, 4.69) is 4.74 Å². The predicted octanol–water partition coefficient (Wildman–Crippen LogP) is -1.45. The summed E-state index contributed by atoms with van der Waals surface area (Å²) in [6, 6.07) is 0. The third kappa shape index (κ3) is 1.10. The number of carboxylic acids is 1. The second kappa shape index (κ2) is 2.28. The van der Waals surface area contributed by atoms with Gasteiger partial charge in [0.1, 0.15) is 0 Å². The number of hydrogen-bond acceptors (Lipinski definition) is 4. The number of hydrogen-bond donors (Lipinski definition) is 0. The average molecular weight is 143 g/mol. The van der Waals surface area contributed by atoms with Gasteiger partial charge in [0.2, 0.25) is 0 Å². The molecular weight excluding hydrogens is 136 g/mol. The zero-order chi connectivity index (χ0) is 7.72. The number of carbonyl (C=O) groups excluding carboxylic acids is 2. The summed E-state index contributed by atoms with van der Waals surface area (Å²) in [4.78, 5) is 20.6. The molecular formula is C6H7O4-. The fourth-order valence-electron chi connectivity index (χ4n) is 0.867. The van der Waals surface area contributed by atoms with Crippen molar-refractivity contribution in [1.82, 2.24) is 0 Å². The molecule has 0 aromatic carbocycles. The van der Waals surface area contributed by atoms with Gasteiger partial charge in [0.25, 0.3) is 0 Å². The van der Waals surface area contributed by atoms with Gasteiger partial charge in [-0.25, -0.2) is 0 Å². The van der Waals surface area contributed by atoms with E-state index < -0.39 is 23.8 Å². The van der Waals surface area contributed by atoms with Crippen LogP contribution in [-0.4, -0.2) is 19.0 Å². The first kappa shape index (κ1) is 7.05. The van der Waals surface area contributed by atoms with Crippen LogP contribution in [0.25, 0.3) is 0 Å². The molecule has 56 valence electrons. The molecule has 1 fully saturated rings. The number of rotatable bonds is 2. The molecule has 1 rings (SSSR count). The summed E-state index contributed by atoms with van der Waals surface area (Å²) in [6.07, 6.45) is 0.370. The number of carbonyl (C=O) groups is 2. The van der Waals surface area contributed by atoms with E-state index in [9.17, 15) is 14.7 Å². The Kier molecular flexibility index (Phi) is 1.61. The number of methoxy groups -OCH3 is 1. The number of aliphatic carboxylic acids is 1. The Morgan fingerprint density at radius 3 is 2.40 bits per heavy atom. The van der Waals surface area contributed by atoms with Crippen LogP contribution in [0.2, 0.25) is 0 Å². The first-order valence-corrected chi connectivity index (χ1v) is 2.95. The number of ether oxygens (including phenoxy) is 1. The Morgan fingerprint density at radius 1 is 1.50 bits per heavy atom. The third-order valence-corrected chi connectivity index (χ3v) is 1.60. The van der Waals surface area contributed by atoms with Gasteiger partial charge in [-0.05, 0) is 6.42 Å². The molecule has 0 aliphatic heterocycles. The number of esters is 1. The molecule has 0 heterocycles. The van der Waals surface area contributed by atoms with Gasteiger partial charge in [0.05, 0.1) is 13.0 Å². The smallest absolute Gasteiger partial charge is 0.309 e. The molecule has 0 aromatic heterocycles. The normalized spacial score (nSPS) is 29.3. The van der Waals surface area contributed by atoms with Gasteiger partial charge in [0.15, 0.2) is 0 Å². The lowest BCUT2D eigenvalue weighted by atomic mass is 10.3. The van der Waals surface area contributed by atoms with Crippen molar-refractivity contribution in [3.05, 3.63) is 0 Å². The molecule has 0 amide bonds. The molecule has 1 saturated carbocycles. The zero-order valence-electron chi connectivity index (χ0n) is 5.49. The van der Waals surface area contributed by atoms with Crippen LogP contribution >= 0.6 is 0 Å². The van der Waals surface area contributed by atoms with Crippen LogP contribution in [0.3, 0.4) is 0 Å². The molecule has 0 radical (unpaired) electrons. The molecule has 0 N–H and O–H groups in total. The maximum absolute atomic E-state index is 10.6. The second-order valence-corrected chi connectivity index (χ2v) is 2.29. The maximum atomic E-state index is 10.6. The second-order valence-electron chi connectivity index (χ2n) is 2.29. The van der Waals surface area contributed by atoms with Crippen molar-refractivity contribution in [3.8, 4) is 0 Å². The van der Waals surface area contributed by atoms with Crippen molar-refractivity contribution in [2.45, 2.75) is 6.42 Å². The molecule has 4 nitrogen and oxygen atoms in total. The highest BCUT2D eigenvalue weighted by molar-refractivity contribution is 5.85. The standard InChI is InChI=1S/C6H8O4/c1-10-6(9)4-2-3(4)5(7)8/h3-4H,2H2,1H3,(H,7,8)/p-1. The highest BCUT2D eigenvalue weighted by Crippen LogP contribution is 2.38. The summed E-state index contributed by atoms with van der Waals surface area (Å²) in [7, 11) is 1.24. The third-order valence-electron chi connectivity index (χ3n) is 1.60. The van der Waals surface area contributed by atoms with Crippen LogP contribution in [0.5, 0.6) is 0 Å². The first-order chi connectivity index (χ1) is 4.66. The van der Waals surface area contributed by atoms with Gasteiger partial charge < -0.3 is 14.6 Å². The minimum absolute atomic E-state index is 0.370. The van der Waals surface area contributed by atoms with Crippen LogP contribution in [-0.2, 0) is 14.3 Å². The molecule has 0 spiro atoms. The lowest BCUT2D eigenvalue weighted by molar-refractivity contribution is -0.308. The fraction of sp³-hybridized carbons (Fsp3) is 0.667. The first-order valence-electron chi connectivity index (χ1n) is 2.95. The molecule has 1 aliphatic carbocycles. The summed E-state index contributed by atoms with van der Waals surface area (Å²) in [5, 5.41) is 10.1. The van der Waals surface area contributed by atoms with Gasteiger partial charge in [-0.3, -0.25) is 4.79 Å². The van der Waals surface area contributed by atoms with Gasteiger partial charge in [-0.2, -0.15) is 0 Å². The molecule has 1 aliphatic rings. The van der Waals surface area contributed by atoms with E-state index in [1.54, 1.807) is 0 Å². The molecule has 10 heavy (non-hydrogen) atoms. The van der Waals surface area contributed by atoms with Crippen molar-refractivity contribution in [1.29, 1.82) is 0 Å². The van der Waals surface area contributed by atoms with Crippen LogP contribution < -0.4 is 5.11 Å². The largest absolute Gasteiger partial charge is 0.550 e. The van der Waals surface area contributed by atoms with Gasteiger partial charge in [-0.1, -0.05) is 0 Å². The topological polar surface area (TPSA) is 66.4 Å². The predicted molar refractivity (Wildman–Crippen MR) is 28.6 cm³/mol. The van der Waals surface area contributed by atoms with E-state index in [0.717, 1.165) is 0 Å². The monoisotopic (exact) mass is 143 g/mol. The summed E-state index contributed by atoms with van der Waals surface area (Å²) in [5.41, 5.74) is 0. The van der Waals surface area contributed by atoms with Crippen LogP contribution in [0.1, 0.15) is 6.42 Å². The Balaban J connectivity index is 2.38. The Hall–Kier alpha value is -1.06. The van der Waals surface area contributed by atoms with Crippen molar-refractivity contribution in [2.75, 3.05) is 7.11 Å². The van der Waals surface area contributed by atoms with Gasteiger partial charge in [-0.15, -0.1) is 0 Å². The van der Waals surface area contributed by atoms with Crippen molar-refractivity contribution in [3.63, 3.8) is 0 Å². The van der Waals surface area contributed by atoms with E-state index in [1.807, 2.05) is 0 Å². The van der Waals surface area contributed by atoms with Crippen molar-refractivity contribution in [2.24, 2.45) is 11.8 Å². The Bertz CT molecular complexity index is 175. The average Bonchev–Trinajstić information content (AvgIpc) is 2.64. The van der Waals surface area contributed by atoms with Gasteiger partial charge >= 0.3 is 5.97 Å². The van der Waals surface area contributed by atoms with Crippen molar-refractivity contribution < 1.29 is 19.4 Å². The van der Waals surface area contributed by atoms with Crippen LogP contribution in [0, 0.1) is 11.8 Å². The minimum Gasteiger partial charge on any atom is -0.550 e. The molecule has 2 unspecified atom stereocenters. The van der Waals surface area contributed by atoms with E-state index in [-0.39, 0.29) is 0 Å². The van der Waals surface area contributed by atoms with Gasteiger partial charge in [0, 0.05) is 11.9 Å². The minimum atomic E-state index is -1.16. The molecule has 2 atom stereocenters. The Morgan fingerprint density at radius 2 is 2.10 bits per heavy atom. The highest BCUT2D eigenvalue weighted by Gasteiger charge is 2.44. The summed E-state index contributed by atoms with van der Waals surface area (Å²) in [6.45, 7) is 0. The molecule has 4 heteroatoms. The highest BCUT2D eigenvalue weighted by atomic mass is 16.5. The van der Waals surface area contributed by atoms with Crippen LogP contribution in [0.15, 0.2) is 0 Å². The van der Waals surface area contributed by atoms with E-state index in [1.165, 1.54) is 7.11 Å². The summed E-state index contributed by atoms with van der Waals surface area (Å²) >= 11 is 0. The molecule has 0 bridgehead atoms. The molecule has 0 aromatic rings. The Labute approximate surface area is 57.8 Å². The van der Waals surface area contributed by atoms with E-state index in [0.29, 0.717) is 6.42 Å². The SMILES string of the molecule is COC(=O)C1CC1C(=O)[O-]. The van der Waals surface area contributed by atoms with E-state index in [4.69, 9.17) is 0 Å². The fourth-order valence-corrected chi connectivity index (χ4v) is 0.867.